The zero-order valence-electron chi connectivity index (χ0n) is 8.27. The fraction of sp³-hybridized carbons (Fsp3) is 0.429. The Bertz CT molecular complexity index is 345. The van der Waals surface area contributed by atoms with Crippen LogP contribution in [0.5, 0.6) is 0 Å². The third kappa shape index (κ3) is 2.57. The van der Waals surface area contributed by atoms with Gasteiger partial charge >= 0.3 is 8.80 Å². The molecule has 0 N–H and O–H groups in total. The second-order valence-electron chi connectivity index (χ2n) is 2.50. The van der Waals surface area contributed by atoms with E-state index in [9.17, 15) is 0 Å². The first-order chi connectivity index (χ1) is 7.02. The average Bonchev–Trinajstić information content (AvgIpc) is 2.51. The summed E-state index contributed by atoms with van der Waals surface area (Å²) in [7, 11) is 2.03. The van der Waals surface area contributed by atoms with Crippen molar-refractivity contribution in [3.63, 3.8) is 0 Å². The number of thiophene rings is 1. The fourth-order valence-corrected chi connectivity index (χ4v) is 8.11. The fourth-order valence-electron chi connectivity index (χ4n) is 1.09. The molecule has 0 aromatic carbocycles. The van der Waals surface area contributed by atoms with E-state index in [0.29, 0.717) is 0 Å². The molecular weight excluding hydrogens is 432 g/mol. The van der Waals surface area contributed by atoms with Crippen LogP contribution in [0.25, 0.3) is 0 Å². The average molecular weight is 441 g/mol. The van der Waals surface area contributed by atoms with Crippen LogP contribution in [-0.4, -0.2) is 30.1 Å². The number of hydrogen-bond acceptors (Lipinski definition) is 4. The van der Waals surface area contributed by atoms with E-state index in [0.717, 1.165) is 17.2 Å². The molecule has 0 radical (unpaired) electrons. The lowest BCUT2D eigenvalue weighted by molar-refractivity contribution is 0.141. The predicted octanol–water partition coefficient (Wildman–Crippen LogP) is 3.12. The van der Waals surface area contributed by atoms with Crippen molar-refractivity contribution < 1.29 is 13.3 Å². The number of halogens is 3. The third-order valence-corrected chi connectivity index (χ3v) is 10.5. The summed E-state index contributed by atoms with van der Waals surface area (Å²) in [5.41, 5.74) is 0. The van der Waals surface area contributed by atoms with Gasteiger partial charge in [-0.1, -0.05) is 0 Å². The molecule has 0 saturated carbocycles. The molecule has 86 valence electrons. The molecule has 3 nitrogen and oxygen atoms in total. The maximum atomic E-state index is 5.40. The molecule has 1 rings (SSSR count). The van der Waals surface area contributed by atoms with E-state index in [1.807, 2.05) is 0 Å². The van der Waals surface area contributed by atoms with Gasteiger partial charge in [0.15, 0.2) is 0 Å². The topological polar surface area (TPSA) is 27.7 Å². The minimum atomic E-state index is -2.74. The predicted molar refractivity (Wildman–Crippen MR) is 73.8 cm³/mol. The lowest BCUT2D eigenvalue weighted by atomic mass is 10.7. The summed E-state index contributed by atoms with van der Waals surface area (Å²) in [4.78, 5) is 0. The van der Waals surface area contributed by atoms with Crippen molar-refractivity contribution in [2.24, 2.45) is 0 Å². The van der Waals surface area contributed by atoms with Crippen LogP contribution in [0.3, 0.4) is 0 Å². The Kier molecular flexibility index (Phi) is 5.45. The van der Waals surface area contributed by atoms with Crippen molar-refractivity contribution in [1.29, 1.82) is 0 Å². The Morgan fingerprint density at radius 3 is 1.67 bits per heavy atom. The number of hydrogen-bond donors (Lipinski definition) is 0. The van der Waals surface area contributed by atoms with Crippen molar-refractivity contribution >= 4 is 72.4 Å². The zero-order valence-corrected chi connectivity index (χ0v) is 14.8. The zero-order chi connectivity index (χ0) is 11.6. The van der Waals surface area contributed by atoms with Crippen molar-refractivity contribution in [3.8, 4) is 0 Å². The lowest BCUT2D eigenvalue weighted by Crippen LogP contribution is -2.53. The van der Waals surface area contributed by atoms with Crippen LogP contribution in [0.2, 0.25) is 0 Å². The molecular formula is C7H9Br3O3SSi. The Morgan fingerprint density at radius 1 is 0.933 bits per heavy atom. The summed E-state index contributed by atoms with van der Waals surface area (Å²) in [6.07, 6.45) is 0. The molecule has 0 saturated heterocycles. The van der Waals surface area contributed by atoms with E-state index >= 15 is 0 Å². The molecule has 1 aromatic rings. The molecule has 0 spiro atoms. The quantitative estimate of drug-likeness (QED) is 0.673. The van der Waals surface area contributed by atoms with Crippen LogP contribution in [0, 0.1) is 0 Å². The highest BCUT2D eigenvalue weighted by molar-refractivity contribution is 9.14. The van der Waals surface area contributed by atoms with Gasteiger partial charge in [-0.15, -0.1) is 11.3 Å². The standard InChI is InChI=1S/C7H9Br3O3SSi/c1-11-15(12-2,13-3)7-5(9)4(8)6(10)14-7/h1-3H3. The van der Waals surface area contributed by atoms with Gasteiger partial charge in [-0.25, -0.2) is 0 Å². The van der Waals surface area contributed by atoms with Crippen LogP contribution >= 0.6 is 59.1 Å². The molecule has 0 atom stereocenters. The van der Waals surface area contributed by atoms with Crippen LogP contribution < -0.4 is 4.50 Å². The molecule has 0 unspecified atom stereocenters. The Hall–Kier alpha value is 1.24. The SMILES string of the molecule is CO[Si](OC)(OC)c1sc(Br)c(Br)c1Br. The molecule has 0 fully saturated rings. The first-order valence-electron chi connectivity index (χ1n) is 3.81. The third-order valence-electron chi connectivity index (χ3n) is 1.84. The molecule has 0 bridgehead atoms. The van der Waals surface area contributed by atoms with Gasteiger partial charge in [0.1, 0.15) is 0 Å². The van der Waals surface area contributed by atoms with E-state index in [-0.39, 0.29) is 0 Å². The molecule has 15 heavy (non-hydrogen) atoms. The highest BCUT2D eigenvalue weighted by Gasteiger charge is 2.45. The highest BCUT2D eigenvalue weighted by atomic mass is 79.9. The Morgan fingerprint density at radius 2 is 1.40 bits per heavy atom. The highest BCUT2D eigenvalue weighted by Crippen LogP contribution is 2.37. The van der Waals surface area contributed by atoms with Gasteiger partial charge in [-0.05, 0) is 47.8 Å². The van der Waals surface area contributed by atoms with Crippen LogP contribution in [-0.2, 0) is 13.3 Å². The minimum Gasteiger partial charge on any atom is -0.373 e. The molecule has 1 aromatic heterocycles. The smallest absolute Gasteiger partial charge is 0.373 e. The van der Waals surface area contributed by atoms with Crippen molar-refractivity contribution in [2.45, 2.75) is 0 Å². The first-order valence-corrected chi connectivity index (χ1v) is 8.73. The molecule has 0 aliphatic carbocycles. The lowest BCUT2D eigenvalue weighted by Gasteiger charge is -2.23. The summed E-state index contributed by atoms with van der Waals surface area (Å²) >= 11 is 11.9. The molecule has 0 amide bonds. The van der Waals surface area contributed by atoms with E-state index < -0.39 is 8.80 Å². The van der Waals surface area contributed by atoms with Crippen LogP contribution in [0.15, 0.2) is 12.7 Å². The van der Waals surface area contributed by atoms with Gasteiger partial charge in [0.2, 0.25) is 0 Å². The minimum absolute atomic E-state index is 0.914. The number of rotatable bonds is 4. The summed E-state index contributed by atoms with van der Waals surface area (Å²) in [6.45, 7) is 0. The summed E-state index contributed by atoms with van der Waals surface area (Å²) in [5, 5.41) is 0. The summed E-state index contributed by atoms with van der Waals surface area (Å²) in [5.74, 6) is 0. The second kappa shape index (κ2) is 5.72. The molecule has 8 heteroatoms. The maximum Gasteiger partial charge on any atom is 0.548 e. The van der Waals surface area contributed by atoms with E-state index in [4.69, 9.17) is 13.3 Å². The maximum absolute atomic E-state index is 5.40. The normalized spacial score (nSPS) is 12.1. The van der Waals surface area contributed by atoms with Gasteiger partial charge in [0.25, 0.3) is 0 Å². The van der Waals surface area contributed by atoms with E-state index in [2.05, 4.69) is 47.8 Å². The van der Waals surface area contributed by atoms with Crippen LogP contribution in [0.1, 0.15) is 0 Å². The summed E-state index contributed by atoms with van der Waals surface area (Å²) in [6, 6.07) is 0. The second-order valence-corrected chi connectivity index (χ2v) is 9.63. The van der Waals surface area contributed by atoms with Gasteiger partial charge in [0.05, 0.1) is 17.2 Å². The van der Waals surface area contributed by atoms with Gasteiger partial charge in [-0.2, -0.15) is 0 Å². The largest absolute Gasteiger partial charge is 0.548 e. The Balaban J connectivity index is 3.29. The Labute approximate surface area is 119 Å². The van der Waals surface area contributed by atoms with E-state index in [1.165, 1.54) is 11.3 Å². The van der Waals surface area contributed by atoms with Gasteiger partial charge < -0.3 is 13.3 Å². The monoisotopic (exact) mass is 438 g/mol. The molecule has 1 heterocycles. The van der Waals surface area contributed by atoms with Crippen molar-refractivity contribution in [3.05, 3.63) is 12.7 Å². The van der Waals surface area contributed by atoms with Crippen molar-refractivity contribution in [1.82, 2.24) is 0 Å². The van der Waals surface area contributed by atoms with Crippen molar-refractivity contribution in [2.75, 3.05) is 21.3 Å². The molecule has 0 aliphatic rings. The first kappa shape index (κ1) is 14.3. The molecule has 0 aliphatic heterocycles. The van der Waals surface area contributed by atoms with E-state index in [1.54, 1.807) is 21.3 Å². The van der Waals surface area contributed by atoms with Gasteiger partial charge in [0, 0.05) is 21.3 Å². The summed E-state index contributed by atoms with van der Waals surface area (Å²) < 4.78 is 20.0. The van der Waals surface area contributed by atoms with Crippen LogP contribution in [0.4, 0.5) is 0 Å². The van der Waals surface area contributed by atoms with Gasteiger partial charge in [-0.3, -0.25) is 0 Å².